The lowest BCUT2D eigenvalue weighted by atomic mass is 10.2. The molecule has 0 atom stereocenters. The summed E-state index contributed by atoms with van der Waals surface area (Å²) in [5, 5.41) is 6.10. The summed E-state index contributed by atoms with van der Waals surface area (Å²) in [6, 6.07) is 8.89. The van der Waals surface area contributed by atoms with E-state index in [9.17, 15) is 8.42 Å². The molecule has 0 aliphatic carbocycles. The molecule has 25 heavy (non-hydrogen) atoms. The van der Waals surface area contributed by atoms with Gasteiger partial charge in [0.2, 0.25) is 15.3 Å². The van der Waals surface area contributed by atoms with Crippen molar-refractivity contribution >= 4 is 60.4 Å². The molecule has 2 N–H and O–H groups in total. The van der Waals surface area contributed by atoms with Crippen molar-refractivity contribution in [3.63, 3.8) is 0 Å². The minimum Gasteiger partial charge on any atom is -0.339 e. The molecule has 3 aromatic rings. The SMILES string of the molecule is CC(C)(C)S(=O)(=O)Nc1cccc(Nc2nc(Cl)nc3sccc23)c1. The van der Waals surface area contributed by atoms with E-state index in [1.807, 2.05) is 17.5 Å². The van der Waals surface area contributed by atoms with Gasteiger partial charge in [-0.05, 0) is 62.0 Å². The molecule has 6 nitrogen and oxygen atoms in total. The first-order chi connectivity index (χ1) is 11.7. The van der Waals surface area contributed by atoms with Crippen molar-refractivity contribution in [3.05, 3.63) is 41.0 Å². The number of aromatic nitrogens is 2. The van der Waals surface area contributed by atoms with Crippen molar-refractivity contribution in [3.8, 4) is 0 Å². The third-order valence-corrected chi connectivity index (χ3v) is 6.57. The molecule has 0 aliphatic heterocycles. The van der Waals surface area contributed by atoms with Crippen LogP contribution in [0.3, 0.4) is 0 Å². The van der Waals surface area contributed by atoms with Crippen molar-refractivity contribution < 1.29 is 8.42 Å². The topological polar surface area (TPSA) is 84.0 Å². The second-order valence-electron chi connectivity index (χ2n) is 6.40. The van der Waals surface area contributed by atoms with Gasteiger partial charge in [-0.15, -0.1) is 11.3 Å². The van der Waals surface area contributed by atoms with Crippen LogP contribution in [0.1, 0.15) is 20.8 Å². The van der Waals surface area contributed by atoms with Gasteiger partial charge in [-0.2, -0.15) is 4.98 Å². The van der Waals surface area contributed by atoms with E-state index in [0.717, 1.165) is 10.2 Å². The van der Waals surface area contributed by atoms with Gasteiger partial charge >= 0.3 is 0 Å². The average molecular weight is 397 g/mol. The van der Waals surface area contributed by atoms with E-state index in [-0.39, 0.29) is 5.28 Å². The van der Waals surface area contributed by atoms with Gasteiger partial charge in [0, 0.05) is 5.69 Å². The Balaban J connectivity index is 1.91. The Morgan fingerprint density at radius 3 is 2.56 bits per heavy atom. The van der Waals surface area contributed by atoms with Crippen LogP contribution in [0, 0.1) is 0 Å². The fourth-order valence-electron chi connectivity index (χ4n) is 2.03. The van der Waals surface area contributed by atoms with Crippen LogP contribution in [0.25, 0.3) is 10.2 Å². The van der Waals surface area contributed by atoms with E-state index in [1.165, 1.54) is 11.3 Å². The molecule has 0 saturated carbocycles. The summed E-state index contributed by atoms with van der Waals surface area (Å²) in [4.78, 5) is 9.18. The maximum absolute atomic E-state index is 12.3. The third-order valence-electron chi connectivity index (χ3n) is 3.48. The fraction of sp³-hybridized carbons (Fsp3) is 0.250. The average Bonchev–Trinajstić information content (AvgIpc) is 2.94. The largest absolute Gasteiger partial charge is 0.339 e. The van der Waals surface area contributed by atoms with Crippen LogP contribution in [-0.4, -0.2) is 23.1 Å². The number of fused-ring (bicyclic) bond motifs is 1. The quantitative estimate of drug-likeness (QED) is 0.628. The number of nitrogens with one attached hydrogen (secondary N) is 2. The second-order valence-corrected chi connectivity index (χ2v) is 10.1. The van der Waals surface area contributed by atoms with Crippen LogP contribution >= 0.6 is 22.9 Å². The standard InChI is InChI=1S/C16H17ClN4O2S2/c1-16(2,3)25(22,23)21-11-6-4-5-10(9-11)18-13-12-7-8-24-14(12)20-15(17)19-13/h4-9,21H,1-3H3,(H,18,19,20). The molecule has 0 unspecified atom stereocenters. The summed E-state index contributed by atoms with van der Waals surface area (Å²) in [7, 11) is -3.50. The third kappa shape index (κ3) is 3.86. The number of hydrogen-bond acceptors (Lipinski definition) is 6. The van der Waals surface area contributed by atoms with Gasteiger partial charge in [0.15, 0.2) is 0 Å². The minimum absolute atomic E-state index is 0.155. The van der Waals surface area contributed by atoms with E-state index >= 15 is 0 Å². The number of hydrogen-bond donors (Lipinski definition) is 2. The molecule has 0 saturated heterocycles. The lowest BCUT2D eigenvalue weighted by Crippen LogP contribution is -2.33. The Labute approximate surface area is 155 Å². The molecule has 0 radical (unpaired) electrons. The van der Waals surface area contributed by atoms with Crippen LogP contribution < -0.4 is 10.0 Å². The monoisotopic (exact) mass is 396 g/mol. The van der Waals surface area contributed by atoms with Crippen molar-refractivity contribution in [1.82, 2.24) is 9.97 Å². The maximum atomic E-state index is 12.3. The van der Waals surface area contributed by atoms with Crippen molar-refractivity contribution in [1.29, 1.82) is 0 Å². The molecule has 2 aromatic heterocycles. The molecular formula is C16H17ClN4O2S2. The molecular weight excluding hydrogens is 380 g/mol. The van der Waals surface area contributed by atoms with Crippen LogP contribution in [0.15, 0.2) is 35.7 Å². The van der Waals surface area contributed by atoms with Gasteiger partial charge in [0.05, 0.1) is 15.8 Å². The first-order valence-corrected chi connectivity index (χ1v) is 10.2. The number of rotatable bonds is 4. The van der Waals surface area contributed by atoms with Gasteiger partial charge in [0.1, 0.15) is 10.6 Å². The first-order valence-electron chi connectivity index (χ1n) is 7.46. The lowest BCUT2D eigenvalue weighted by molar-refractivity contribution is 0.566. The normalized spacial score (nSPS) is 12.3. The van der Waals surface area contributed by atoms with Crippen LogP contribution in [0.4, 0.5) is 17.2 Å². The van der Waals surface area contributed by atoms with E-state index in [1.54, 1.807) is 39.0 Å². The predicted octanol–water partition coefficient (Wildman–Crippen LogP) is 4.63. The Kier molecular flexibility index (Phi) is 4.61. The van der Waals surface area contributed by atoms with Crippen molar-refractivity contribution in [2.24, 2.45) is 0 Å². The maximum Gasteiger partial charge on any atom is 0.237 e. The summed E-state index contributed by atoms with van der Waals surface area (Å²) in [6.07, 6.45) is 0. The number of sulfonamides is 1. The van der Waals surface area contributed by atoms with Gasteiger partial charge in [0.25, 0.3) is 0 Å². The number of benzene rings is 1. The highest BCUT2D eigenvalue weighted by molar-refractivity contribution is 7.94. The van der Waals surface area contributed by atoms with Crippen LogP contribution in [-0.2, 0) is 10.0 Å². The highest BCUT2D eigenvalue weighted by Crippen LogP contribution is 2.30. The number of anilines is 3. The van der Waals surface area contributed by atoms with Gasteiger partial charge < -0.3 is 5.32 Å². The Morgan fingerprint density at radius 2 is 1.84 bits per heavy atom. The zero-order valence-corrected chi connectivity index (χ0v) is 16.3. The molecule has 1 aromatic carbocycles. The molecule has 2 heterocycles. The van der Waals surface area contributed by atoms with Gasteiger partial charge in [-0.25, -0.2) is 13.4 Å². The van der Waals surface area contributed by atoms with E-state index in [2.05, 4.69) is 20.0 Å². The van der Waals surface area contributed by atoms with Crippen LogP contribution in [0.5, 0.6) is 0 Å². The summed E-state index contributed by atoms with van der Waals surface area (Å²) >= 11 is 7.44. The molecule has 0 spiro atoms. The predicted molar refractivity (Wildman–Crippen MR) is 104 cm³/mol. The lowest BCUT2D eigenvalue weighted by Gasteiger charge is -2.20. The summed E-state index contributed by atoms with van der Waals surface area (Å²) in [5.74, 6) is 0.576. The molecule has 0 amide bonds. The summed E-state index contributed by atoms with van der Waals surface area (Å²) in [5.41, 5.74) is 1.16. The van der Waals surface area contributed by atoms with E-state index in [4.69, 9.17) is 11.6 Å². The zero-order valence-electron chi connectivity index (χ0n) is 13.9. The molecule has 0 bridgehead atoms. The van der Waals surface area contributed by atoms with Crippen molar-refractivity contribution in [2.45, 2.75) is 25.5 Å². The van der Waals surface area contributed by atoms with Crippen LogP contribution in [0.2, 0.25) is 5.28 Å². The smallest absolute Gasteiger partial charge is 0.237 e. The Bertz CT molecular complexity index is 1030. The highest BCUT2D eigenvalue weighted by atomic mass is 35.5. The fourth-order valence-corrected chi connectivity index (χ4v) is 3.76. The number of thiophene rings is 1. The van der Waals surface area contributed by atoms with Gasteiger partial charge in [-0.3, -0.25) is 4.72 Å². The van der Waals surface area contributed by atoms with Crippen molar-refractivity contribution in [2.75, 3.05) is 10.0 Å². The molecule has 9 heteroatoms. The Hall–Kier alpha value is -1.90. The highest BCUT2D eigenvalue weighted by Gasteiger charge is 2.28. The first kappa shape index (κ1) is 17.9. The van der Waals surface area contributed by atoms with E-state index in [0.29, 0.717) is 17.2 Å². The molecule has 3 rings (SSSR count). The van der Waals surface area contributed by atoms with Gasteiger partial charge in [-0.1, -0.05) is 6.07 Å². The Morgan fingerprint density at radius 1 is 1.12 bits per heavy atom. The summed E-state index contributed by atoms with van der Waals surface area (Å²) < 4.78 is 26.3. The second kappa shape index (κ2) is 6.44. The summed E-state index contributed by atoms with van der Waals surface area (Å²) in [6.45, 7) is 4.94. The minimum atomic E-state index is -3.50. The van der Waals surface area contributed by atoms with E-state index < -0.39 is 14.8 Å². The number of halogens is 1. The molecule has 0 fully saturated rings. The number of nitrogens with zero attached hydrogens (tertiary/aromatic N) is 2. The molecule has 132 valence electrons. The molecule has 0 aliphatic rings. The zero-order chi connectivity index (χ0) is 18.2.